The number of hydrogen-bond donors (Lipinski definition) is 8. The Bertz CT molecular complexity index is 1450. The van der Waals surface area contributed by atoms with E-state index in [4.69, 9.17) is 15.6 Å². The van der Waals surface area contributed by atoms with Crippen molar-refractivity contribution >= 4 is 23.7 Å². The predicted octanol–water partition coefficient (Wildman–Crippen LogP) is -0.851. The standard InChI is InChI=1S/C27H34N10O4/c1-13-9-30-10-17(32-13)23(40)31-11-16-20-27(36-24(28)35-20)21(38)18(12-37(27)25(29)34-16)33-22(39)14-5-4-6-15-19(14)41-8-7-26(15,2)3/h4-6,9-10,16,18,20-21,38H,7-8,11-12H2,1-3H3,(H2,29,34)(H,31,40)(H,33,39)(H3,28,35,36)/t16-,18?,20-,21+,27-/m0/s1. The Morgan fingerprint density at radius 1 is 1.22 bits per heavy atom. The van der Waals surface area contributed by atoms with Gasteiger partial charge in [-0.1, -0.05) is 26.0 Å². The molecule has 14 heteroatoms. The van der Waals surface area contributed by atoms with Gasteiger partial charge in [-0.05, 0) is 24.8 Å². The lowest BCUT2D eigenvalue weighted by Gasteiger charge is -2.49. The summed E-state index contributed by atoms with van der Waals surface area (Å²) < 4.78 is 5.92. The number of benzene rings is 1. The SMILES string of the molecule is Cc1cncc(C(=O)NC[C@@H]2NC(=N)N3CC(NC(=O)c4cccc5c4OCCC5(C)C)[C@@H](O)[C@@]34NC(=N)N[C@@H]24)n1. The molecule has 8 N–H and O–H groups in total. The fourth-order valence-corrected chi connectivity index (χ4v) is 6.36. The third-order valence-electron chi connectivity index (χ3n) is 8.50. The fourth-order valence-electron chi connectivity index (χ4n) is 6.36. The van der Waals surface area contributed by atoms with E-state index in [1.54, 1.807) is 24.1 Å². The van der Waals surface area contributed by atoms with Crippen LogP contribution in [0.25, 0.3) is 0 Å². The summed E-state index contributed by atoms with van der Waals surface area (Å²) in [6.07, 6.45) is 2.56. The molecule has 4 aliphatic heterocycles. The second kappa shape index (κ2) is 9.58. The Morgan fingerprint density at radius 2 is 2.02 bits per heavy atom. The van der Waals surface area contributed by atoms with E-state index in [0.717, 1.165) is 12.0 Å². The lowest BCUT2D eigenvalue weighted by molar-refractivity contribution is 0.00611. The average Bonchev–Trinajstić information content (AvgIpc) is 3.43. The lowest BCUT2D eigenvalue weighted by atomic mass is 9.79. The molecule has 6 rings (SSSR count). The molecule has 14 nitrogen and oxygen atoms in total. The number of aromatic nitrogens is 2. The van der Waals surface area contributed by atoms with Crippen molar-refractivity contribution in [1.82, 2.24) is 41.5 Å². The number of aliphatic hydroxyl groups excluding tert-OH is 1. The predicted molar refractivity (Wildman–Crippen MR) is 148 cm³/mol. The number of ether oxygens (including phenoxy) is 1. The zero-order valence-electron chi connectivity index (χ0n) is 23.0. The summed E-state index contributed by atoms with van der Waals surface area (Å²) in [7, 11) is 0. The Balaban J connectivity index is 1.22. The van der Waals surface area contributed by atoms with Crippen LogP contribution in [-0.2, 0) is 5.41 Å². The van der Waals surface area contributed by atoms with Gasteiger partial charge in [0.25, 0.3) is 11.8 Å². The highest BCUT2D eigenvalue weighted by Gasteiger charge is 2.66. The van der Waals surface area contributed by atoms with Crippen molar-refractivity contribution in [2.24, 2.45) is 0 Å². The van der Waals surface area contributed by atoms with Gasteiger partial charge in [0.1, 0.15) is 17.5 Å². The zero-order valence-corrected chi connectivity index (χ0v) is 23.0. The third-order valence-corrected chi connectivity index (χ3v) is 8.50. The zero-order chi connectivity index (χ0) is 29.1. The van der Waals surface area contributed by atoms with Crippen LogP contribution in [0.15, 0.2) is 30.6 Å². The molecule has 3 fully saturated rings. The van der Waals surface area contributed by atoms with Crippen LogP contribution in [0.4, 0.5) is 0 Å². The van der Waals surface area contributed by atoms with Crippen LogP contribution in [0.3, 0.4) is 0 Å². The minimum absolute atomic E-state index is 0.00202. The van der Waals surface area contributed by atoms with Gasteiger partial charge in [0.05, 0.1) is 42.2 Å². The molecule has 2 amide bonds. The summed E-state index contributed by atoms with van der Waals surface area (Å²) in [6, 6.07) is 3.54. The topological polar surface area (TPSA) is 200 Å². The monoisotopic (exact) mass is 562 g/mol. The number of guanidine groups is 2. The molecule has 1 spiro atoms. The van der Waals surface area contributed by atoms with Crippen LogP contribution in [0.1, 0.15) is 52.4 Å². The summed E-state index contributed by atoms with van der Waals surface area (Å²) >= 11 is 0. The molecule has 0 saturated carbocycles. The lowest BCUT2D eigenvalue weighted by Crippen LogP contribution is -2.78. The van der Waals surface area contributed by atoms with Gasteiger partial charge in [-0.15, -0.1) is 0 Å². The number of amides is 2. The van der Waals surface area contributed by atoms with Gasteiger partial charge in [-0.3, -0.25) is 25.4 Å². The molecule has 5 atom stereocenters. The van der Waals surface area contributed by atoms with E-state index in [2.05, 4.69) is 50.4 Å². The van der Waals surface area contributed by atoms with Crippen LogP contribution < -0.4 is 31.3 Å². The largest absolute Gasteiger partial charge is 0.492 e. The number of nitrogens with one attached hydrogen (secondary N) is 7. The molecule has 5 heterocycles. The van der Waals surface area contributed by atoms with Crippen molar-refractivity contribution < 1.29 is 19.4 Å². The number of carbonyl (C=O) groups excluding carboxylic acids is 2. The number of aliphatic hydroxyl groups is 1. The molecule has 1 unspecified atom stereocenters. The molecule has 2 aromatic rings. The quantitative estimate of drug-likeness (QED) is 0.227. The van der Waals surface area contributed by atoms with E-state index in [-0.39, 0.29) is 42.0 Å². The van der Waals surface area contributed by atoms with Crippen molar-refractivity contribution in [3.05, 3.63) is 53.1 Å². The Labute approximate surface area is 236 Å². The number of aryl methyl sites for hydroxylation is 1. The second-order valence-corrected chi connectivity index (χ2v) is 11.6. The molecule has 1 aromatic heterocycles. The number of hydrogen-bond acceptors (Lipinski definition) is 8. The number of carbonyl (C=O) groups is 2. The summed E-state index contributed by atoms with van der Waals surface area (Å²) in [5.41, 5.74) is 0.678. The Kier molecular flexibility index (Phi) is 6.25. The maximum atomic E-state index is 13.5. The highest BCUT2D eigenvalue weighted by atomic mass is 16.5. The van der Waals surface area contributed by atoms with Crippen LogP contribution >= 0.6 is 0 Å². The molecule has 216 valence electrons. The molecule has 0 bridgehead atoms. The van der Waals surface area contributed by atoms with Gasteiger partial charge in [-0.25, -0.2) is 4.98 Å². The fraction of sp³-hybridized carbons (Fsp3) is 0.481. The van der Waals surface area contributed by atoms with E-state index in [1.807, 2.05) is 12.1 Å². The normalized spacial score (nSPS) is 29.1. The van der Waals surface area contributed by atoms with Crippen molar-refractivity contribution in [2.75, 3.05) is 19.7 Å². The van der Waals surface area contributed by atoms with Crippen LogP contribution in [0.5, 0.6) is 5.75 Å². The summed E-state index contributed by atoms with van der Waals surface area (Å²) in [5, 5.41) is 43.7. The molecular weight excluding hydrogens is 528 g/mol. The van der Waals surface area contributed by atoms with Gasteiger partial charge in [0.15, 0.2) is 17.6 Å². The summed E-state index contributed by atoms with van der Waals surface area (Å²) in [4.78, 5) is 36.1. The van der Waals surface area contributed by atoms with Gasteiger partial charge in [0, 0.05) is 24.8 Å². The van der Waals surface area contributed by atoms with Crippen molar-refractivity contribution in [2.45, 2.75) is 62.5 Å². The molecule has 0 radical (unpaired) electrons. The van der Waals surface area contributed by atoms with E-state index in [9.17, 15) is 14.7 Å². The Hall–Kier alpha value is -4.46. The first-order chi connectivity index (χ1) is 19.5. The molecular formula is C27H34N10O4. The molecule has 1 aromatic carbocycles. The smallest absolute Gasteiger partial charge is 0.271 e. The maximum Gasteiger partial charge on any atom is 0.271 e. The van der Waals surface area contributed by atoms with Gasteiger partial charge >= 0.3 is 0 Å². The van der Waals surface area contributed by atoms with E-state index in [1.165, 1.54) is 6.20 Å². The van der Waals surface area contributed by atoms with Crippen LogP contribution in [-0.4, -0.2) is 93.3 Å². The first-order valence-corrected chi connectivity index (χ1v) is 13.6. The number of nitrogens with zero attached hydrogens (tertiary/aromatic N) is 3. The van der Waals surface area contributed by atoms with Crippen molar-refractivity contribution in [1.29, 1.82) is 10.8 Å². The molecule has 0 aliphatic carbocycles. The summed E-state index contributed by atoms with van der Waals surface area (Å²) in [5.74, 6) is -0.303. The van der Waals surface area contributed by atoms with Crippen LogP contribution in [0.2, 0.25) is 0 Å². The Morgan fingerprint density at radius 3 is 2.80 bits per heavy atom. The van der Waals surface area contributed by atoms with Gasteiger partial charge in [0.2, 0.25) is 0 Å². The minimum Gasteiger partial charge on any atom is -0.492 e. The first-order valence-electron chi connectivity index (χ1n) is 13.6. The highest BCUT2D eigenvalue weighted by Crippen LogP contribution is 2.41. The van der Waals surface area contributed by atoms with E-state index >= 15 is 0 Å². The molecule has 41 heavy (non-hydrogen) atoms. The number of para-hydroxylation sites is 1. The van der Waals surface area contributed by atoms with E-state index in [0.29, 0.717) is 23.6 Å². The number of rotatable bonds is 5. The third kappa shape index (κ3) is 4.29. The maximum absolute atomic E-state index is 13.5. The average molecular weight is 563 g/mol. The van der Waals surface area contributed by atoms with Gasteiger partial charge in [-0.2, -0.15) is 0 Å². The summed E-state index contributed by atoms with van der Waals surface area (Å²) in [6.45, 7) is 6.68. The number of fused-ring (bicyclic) bond motifs is 1. The molecule has 3 saturated heterocycles. The first kappa shape index (κ1) is 26.7. The van der Waals surface area contributed by atoms with Crippen molar-refractivity contribution in [3.63, 3.8) is 0 Å². The second-order valence-electron chi connectivity index (χ2n) is 11.6. The molecule has 4 aliphatic rings. The van der Waals surface area contributed by atoms with E-state index < -0.39 is 35.8 Å². The highest BCUT2D eigenvalue weighted by molar-refractivity contribution is 5.98. The van der Waals surface area contributed by atoms with Crippen LogP contribution in [0, 0.1) is 17.7 Å². The van der Waals surface area contributed by atoms with Crippen molar-refractivity contribution in [3.8, 4) is 5.75 Å². The van der Waals surface area contributed by atoms with Gasteiger partial charge < -0.3 is 41.3 Å². The minimum atomic E-state index is -1.30.